The van der Waals surface area contributed by atoms with Crippen LogP contribution in [0.5, 0.6) is 0 Å². The lowest BCUT2D eigenvalue weighted by Crippen LogP contribution is -2.54. The number of thiol groups is 1. The van der Waals surface area contributed by atoms with Gasteiger partial charge in [0.05, 0.1) is 6.17 Å². The molecule has 1 saturated heterocycles. The zero-order valence-corrected chi connectivity index (χ0v) is 9.12. The molecule has 0 aromatic carbocycles. The van der Waals surface area contributed by atoms with Crippen LogP contribution in [0.15, 0.2) is 0 Å². The number of hydrogen-bond acceptors (Lipinski definition) is 3. The normalized spacial score (nSPS) is 32.0. The Labute approximate surface area is 80.9 Å². The Balaban J connectivity index is 2.44. The van der Waals surface area contributed by atoms with Gasteiger partial charge in [-0.1, -0.05) is 13.8 Å². The van der Waals surface area contributed by atoms with Gasteiger partial charge in [0.2, 0.25) is 0 Å². The van der Waals surface area contributed by atoms with E-state index in [1.54, 1.807) is 0 Å². The van der Waals surface area contributed by atoms with Crippen LogP contribution in [0.4, 0.5) is 0 Å². The Morgan fingerprint density at radius 1 is 1.33 bits per heavy atom. The average Bonchev–Trinajstić information content (AvgIpc) is 2.05. The topological polar surface area (TPSA) is 24.1 Å². The first-order valence-corrected chi connectivity index (χ1v) is 5.27. The van der Waals surface area contributed by atoms with Crippen molar-refractivity contribution in [1.29, 1.82) is 0 Å². The molecule has 1 heterocycles. The van der Waals surface area contributed by atoms with Gasteiger partial charge in [-0.2, -0.15) is 12.6 Å². The summed E-state index contributed by atoms with van der Waals surface area (Å²) in [6.45, 7) is 8.95. The summed E-state index contributed by atoms with van der Waals surface area (Å²) in [6.07, 6.45) is 0.469. The minimum Gasteiger partial charge on any atom is -0.302 e. The van der Waals surface area contributed by atoms with E-state index in [0.717, 1.165) is 18.8 Å². The van der Waals surface area contributed by atoms with E-state index in [9.17, 15) is 0 Å². The highest BCUT2D eigenvalue weighted by Gasteiger charge is 2.30. The van der Waals surface area contributed by atoms with E-state index in [0.29, 0.717) is 17.5 Å². The molecular weight excluding hydrogens is 168 g/mol. The van der Waals surface area contributed by atoms with E-state index in [1.807, 2.05) is 0 Å². The third-order valence-electron chi connectivity index (χ3n) is 2.85. The molecule has 2 nitrogen and oxygen atoms in total. The quantitative estimate of drug-likeness (QED) is 0.565. The van der Waals surface area contributed by atoms with Crippen molar-refractivity contribution in [2.24, 2.45) is 11.3 Å². The molecule has 0 saturated carbocycles. The third-order valence-corrected chi connectivity index (χ3v) is 3.67. The third kappa shape index (κ3) is 2.38. The predicted octanol–water partition coefficient (Wildman–Crippen LogP) is 1.10. The smallest absolute Gasteiger partial charge is 0.0542 e. The van der Waals surface area contributed by atoms with Crippen LogP contribution in [0.3, 0.4) is 0 Å². The van der Waals surface area contributed by atoms with Crippen LogP contribution in [0.2, 0.25) is 0 Å². The van der Waals surface area contributed by atoms with Crippen LogP contribution in [-0.2, 0) is 0 Å². The van der Waals surface area contributed by atoms with Crippen molar-refractivity contribution in [2.45, 2.75) is 26.9 Å². The Morgan fingerprint density at radius 3 is 2.25 bits per heavy atom. The second-order valence-corrected chi connectivity index (χ2v) is 4.70. The van der Waals surface area contributed by atoms with Crippen molar-refractivity contribution in [1.82, 2.24) is 10.6 Å². The highest BCUT2D eigenvalue weighted by atomic mass is 32.1. The lowest BCUT2D eigenvalue weighted by Gasteiger charge is -2.38. The molecule has 3 heteroatoms. The van der Waals surface area contributed by atoms with Crippen molar-refractivity contribution in [3.05, 3.63) is 0 Å². The molecule has 1 fully saturated rings. The fourth-order valence-corrected chi connectivity index (χ4v) is 1.72. The number of hydrogen-bond donors (Lipinski definition) is 3. The highest BCUT2D eigenvalue weighted by molar-refractivity contribution is 7.80. The maximum absolute atomic E-state index is 4.38. The summed E-state index contributed by atoms with van der Waals surface area (Å²) in [5.74, 6) is 1.65. The number of nitrogens with one attached hydrogen (secondary N) is 2. The van der Waals surface area contributed by atoms with Gasteiger partial charge in [0.15, 0.2) is 0 Å². The van der Waals surface area contributed by atoms with Crippen molar-refractivity contribution in [3.63, 3.8) is 0 Å². The zero-order chi connectivity index (χ0) is 9.19. The lowest BCUT2D eigenvalue weighted by molar-refractivity contribution is 0.182. The molecule has 0 unspecified atom stereocenters. The van der Waals surface area contributed by atoms with Gasteiger partial charge in [-0.15, -0.1) is 0 Å². The maximum Gasteiger partial charge on any atom is 0.0542 e. The molecule has 12 heavy (non-hydrogen) atoms. The summed E-state index contributed by atoms with van der Waals surface area (Å²) in [5.41, 5.74) is 0.337. The van der Waals surface area contributed by atoms with E-state index < -0.39 is 0 Å². The summed E-state index contributed by atoms with van der Waals surface area (Å²) in [5, 5.41) is 6.85. The molecule has 0 atom stereocenters. The van der Waals surface area contributed by atoms with Crippen LogP contribution in [0, 0.1) is 11.3 Å². The molecule has 1 aliphatic heterocycles. The van der Waals surface area contributed by atoms with Gasteiger partial charge in [-0.25, -0.2) is 0 Å². The van der Waals surface area contributed by atoms with Crippen LogP contribution in [-0.4, -0.2) is 25.0 Å². The molecule has 2 N–H and O–H groups in total. The van der Waals surface area contributed by atoms with Crippen molar-refractivity contribution >= 4 is 12.6 Å². The lowest BCUT2D eigenvalue weighted by atomic mass is 9.79. The summed E-state index contributed by atoms with van der Waals surface area (Å²) in [6, 6.07) is 0. The molecule has 0 aromatic heterocycles. The van der Waals surface area contributed by atoms with E-state index in [1.165, 1.54) is 0 Å². The van der Waals surface area contributed by atoms with Gasteiger partial charge in [-0.3, -0.25) is 0 Å². The fourth-order valence-electron chi connectivity index (χ4n) is 1.46. The summed E-state index contributed by atoms with van der Waals surface area (Å²) in [7, 11) is 0. The molecule has 1 aliphatic rings. The molecule has 0 bridgehead atoms. The standard InChI is InChI=1S/C9H20N2S/c1-7-10-4-8(5-11-7)9(2,3)6-12/h7-8,10-12H,4-6H2,1-3H3. The van der Waals surface area contributed by atoms with Crippen LogP contribution < -0.4 is 10.6 Å². The number of rotatable bonds is 2. The minimum absolute atomic E-state index is 0.337. The predicted molar refractivity (Wildman–Crippen MR) is 56.6 cm³/mol. The molecule has 0 amide bonds. The second kappa shape index (κ2) is 3.99. The molecule has 0 aromatic rings. The van der Waals surface area contributed by atoms with Crippen LogP contribution in [0.25, 0.3) is 0 Å². The molecule has 0 radical (unpaired) electrons. The van der Waals surface area contributed by atoms with Gasteiger partial charge in [0, 0.05) is 13.1 Å². The van der Waals surface area contributed by atoms with Gasteiger partial charge < -0.3 is 10.6 Å². The van der Waals surface area contributed by atoms with Gasteiger partial charge >= 0.3 is 0 Å². The molecule has 1 rings (SSSR count). The maximum atomic E-state index is 4.38. The molecule has 0 spiro atoms. The highest BCUT2D eigenvalue weighted by Crippen LogP contribution is 2.28. The van der Waals surface area contributed by atoms with Crippen molar-refractivity contribution < 1.29 is 0 Å². The fraction of sp³-hybridized carbons (Fsp3) is 1.00. The Bertz CT molecular complexity index is 139. The summed E-state index contributed by atoms with van der Waals surface area (Å²) >= 11 is 4.38. The first-order chi connectivity index (χ1) is 5.56. The Morgan fingerprint density at radius 2 is 1.83 bits per heavy atom. The SMILES string of the molecule is CC1NCC(C(C)(C)CS)CN1. The summed E-state index contributed by atoms with van der Waals surface area (Å²) < 4.78 is 0. The average molecular weight is 188 g/mol. The first kappa shape index (κ1) is 10.4. The zero-order valence-electron chi connectivity index (χ0n) is 8.22. The molecule has 72 valence electrons. The first-order valence-electron chi connectivity index (χ1n) is 4.64. The molecular formula is C9H20N2S. The summed E-state index contributed by atoms with van der Waals surface area (Å²) in [4.78, 5) is 0. The van der Waals surface area contributed by atoms with E-state index in [4.69, 9.17) is 0 Å². The minimum atomic E-state index is 0.337. The van der Waals surface area contributed by atoms with Crippen LogP contribution >= 0.6 is 12.6 Å². The Kier molecular flexibility index (Phi) is 3.44. The van der Waals surface area contributed by atoms with Gasteiger partial charge in [0.25, 0.3) is 0 Å². The molecule has 0 aliphatic carbocycles. The monoisotopic (exact) mass is 188 g/mol. The van der Waals surface area contributed by atoms with Gasteiger partial charge in [-0.05, 0) is 24.0 Å². The van der Waals surface area contributed by atoms with Crippen molar-refractivity contribution in [3.8, 4) is 0 Å². The van der Waals surface area contributed by atoms with Gasteiger partial charge in [0.1, 0.15) is 0 Å². The van der Waals surface area contributed by atoms with E-state index in [-0.39, 0.29) is 0 Å². The van der Waals surface area contributed by atoms with Crippen molar-refractivity contribution in [2.75, 3.05) is 18.8 Å². The van der Waals surface area contributed by atoms with E-state index in [2.05, 4.69) is 44.0 Å². The largest absolute Gasteiger partial charge is 0.302 e. The second-order valence-electron chi connectivity index (χ2n) is 4.38. The Hall–Kier alpha value is 0.270. The van der Waals surface area contributed by atoms with Crippen LogP contribution in [0.1, 0.15) is 20.8 Å². The van der Waals surface area contributed by atoms with E-state index >= 15 is 0 Å².